The molecule has 1 amide bonds. The summed E-state index contributed by atoms with van der Waals surface area (Å²) in [5.74, 6) is -0.404. The van der Waals surface area contributed by atoms with Gasteiger partial charge in [0, 0.05) is 23.5 Å². The van der Waals surface area contributed by atoms with E-state index in [1.54, 1.807) is 17.1 Å². The number of halogens is 1. The van der Waals surface area contributed by atoms with Crippen molar-refractivity contribution in [2.45, 2.75) is 6.04 Å². The number of nitrogens with one attached hydrogen (secondary N) is 1. The molecule has 0 aliphatic rings. The van der Waals surface area contributed by atoms with Crippen molar-refractivity contribution in [1.29, 1.82) is 5.26 Å². The van der Waals surface area contributed by atoms with Gasteiger partial charge in [-0.2, -0.15) is 10.4 Å². The Kier molecular flexibility index (Phi) is 4.54. The van der Waals surface area contributed by atoms with Crippen LogP contribution in [0.25, 0.3) is 5.69 Å². The zero-order chi connectivity index (χ0) is 16.9. The number of pyridine rings is 1. The number of hydrogen-bond acceptors (Lipinski definition) is 4. The van der Waals surface area contributed by atoms with E-state index in [0.29, 0.717) is 11.1 Å². The zero-order valence-electron chi connectivity index (χ0n) is 12.4. The monoisotopic (exact) mass is 337 g/mol. The van der Waals surface area contributed by atoms with Crippen LogP contribution in [-0.2, 0) is 0 Å². The number of aromatic nitrogens is 3. The Balaban J connectivity index is 1.79. The molecule has 2 aromatic heterocycles. The van der Waals surface area contributed by atoms with E-state index >= 15 is 0 Å². The topological polar surface area (TPSA) is 83.6 Å². The molecule has 1 N–H and O–H groups in total. The van der Waals surface area contributed by atoms with Gasteiger partial charge in [-0.25, -0.2) is 9.67 Å². The maximum atomic E-state index is 12.2. The van der Waals surface area contributed by atoms with Crippen LogP contribution in [0.1, 0.15) is 22.0 Å². The van der Waals surface area contributed by atoms with Crippen LogP contribution >= 0.6 is 11.6 Å². The SMILES string of the molecule is N#CC(NC(=O)c1ccnc(Cl)c1)c1cnn(-c2ccccc2)c1. The second kappa shape index (κ2) is 6.94. The fraction of sp³-hybridized carbons (Fsp3) is 0.0588. The maximum absolute atomic E-state index is 12.2. The molecule has 1 aromatic carbocycles. The van der Waals surface area contributed by atoms with Gasteiger partial charge in [-0.1, -0.05) is 29.8 Å². The van der Waals surface area contributed by atoms with E-state index in [4.69, 9.17) is 11.6 Å². The van der Waals surface area contributed by atoms with E-state index in [2.05, 4.69) is 21.5 Å². The molecule has 0 saturated heterocycles. The normalized spacial score (nSPS) is 11.5. The Hall–Kier alpha value is -3.17. The summed E-state index contributed by atoms with van der Waals surface area (Å²) in [5.41, 5.74) is 1.80. The van der Waals surface area contributed by atoms with Gasteiger partial charge in [0.15, 0.2) is 0 Å². The van der Waals surface area contributed by atoms with Gasteiger partial charge in [-0.3, -0.25) is 4.79 Å². The molecule has 118 valence electrons. The van der Waals surface area contributed by atoms with Gasteiger partial charge >= 0.3 is 0 Å². The number of nitrogens with zero attached hydrogens (tertiary/aromatic N) is 4. The number of para-hydroxylation sites is 1. The van der Waals surface area contributed by atoms with Crippen LogP contribution in [0.4, 0.5) is 0 Å². The minimum Gasteiger partial charge on any atom is -0.332 e. The van der Waals surface area contributed by atoms with Crippen LogP contribution in [0.15, 0.2) is 61.1 Å². The maximum Gasteiger partial charge on any atom is 0.252 e. The van der Waals surface area contributed by atoms with Crippen LogP contribution in [0.2, 0.25) is 5.15 Å². The van der Waals surface area contributed by atoms with Gasteiger partial charge in [0.25, 0.3) is 5.91 Å². The lowest BCUT2D eigenvalue weighted by molar-refractivity contribution is 0.0945. The highest BCUT2D eigenvalue weighted by molar-refractivity contribution is 6.29. The third-order valence-corrected chi connectivity index (χ3v) is 3.56. The van der Waals surface area contributed by atoms with Crippen molar-refractivity contribution in [3.63, 3.8) is 0 Å². The van der Waals surface area contributed by atoms with Gasteiger partial charge in [0.05, 0.1) is 18.0 Å². The molecule has 2 heterocycles. The largest absolute Gasteiger partial charge is 0.332 e. The predicted molar refractivity (Wildman–Crippen MR) is 88.6 cm³/mol. The Morgan fingerprint density at radius 3 is 2.79 bits per heavy atom. The molecule has 24 heavy (non-hydrogen) atoms. The first-order valence-electron chi connectivity index (χ1n) is 7.09. The summed E-state index contributed by atoms with van der Waals surface area (Å²) >= 11 is 5.78. The first kappa shape index (κ1) is 15.7. The van der Waals surface area contributed by atoms with Crippen LogP contribution in [-0.4, -0.2) is 20.7 Å². The quantitative estimate of drug-likeness (QED) is 0.742. The fourth-order valence-corrected chi connectivity index (χ4v) is 2.33. The second-order valence-electron chi connectivity index (χ2n) is 4.96. The molecular weight excluding hydrogens is 326 g/mol. The molecule has 0 radical (unpaired) electrons. The number of nitriles is 1. The van der Waals surface area contributed by atoms with E-state index in [1.165, 1.54) is 18.3 Å². The number of carbonyl (C=O) groups excluding carboxylic acids is 1. The predicted octanol–water partition coefficient (Wildman–Crippen LogP) is 2.92. The Bertz CT molecular complexity index is 901. The van der Waals surface area contributed by atoms with Crippen molar-refractivity contribution in [2.24, 2.45) is 0 Å². The smallest absolute Gasteiger partial charge is 0.252 e. The minimum absolute atomic E-state index is 0.216. The first-order valence-corrected chi connectivity index (χ1v) is 7.47. The van der Waals surface area contributed by atoms with Crippen LogP contribution in [0.3, 0.4) is 0 Å². The molecule has 1 unspecified atom stereocenters. The van der Waals surface area contributed by atoms with Crippen molar-refractivity contribution in [3.05, 3.63) is 77.3 Å². The van der Waals surface area contributed by atoms with Crippen molar-refractivity contribution in [2.75, 3.05) is 0 Å². The Morgan fingerprint density at radius 1 is 1.29 bits per heavy atom. The van der Waals surface area contributed by atoms with E-state index in [0.717, 1.165) is 5.69 Å². The Labute approximate surface area is 143 Å². The summed E-state index contributed by atoms with van der Waals surface area (Å²) < 4.78 is 1.65. The zero-order valence-corrected chi connectivity index (χ0v) is 13.2. The molecule has 0 aliphatic heterocycles. The number of amides is 1. The van der Waals surface area contributed by atoms with E-state index in [-0.39, 0.29) is 5.15 Å². The third-order valence-electron chi connectivity index (χ3n) is 3.35. The highest BCUT2D eigenvalue weighted by Gasteiger charge is 2.17. The lowest BCUT2D eigenvalue weighted by Gasteiger charge is -2.09. The molecule has 0 saturated carbocycles. The average molecular weight is 338 g/mol. The number of hydrogen-bond donors (Lipinski definition) is 1. The molecule has 0 fully saturated rings. The van der Waals surface area contributed by atoms with Crippen LogP contribution in [0.5, 0.6) is 0 Å². The highest BCUT2D eigenvalue weighted by Crippen LogP contribution is 2.15. The average Bonchev–Trinajstić information content (AvgIpc) is 3.10. The molecule has 1 atom stereocenters. The number of carbonyl (C=O) groups is 1. The summed E-state index contributed by atoms with van der Waals surface area (Å²) in [5, 5.41) is 16.5. The second-order valence-corrected chi connectivity index (χ2v) is 5.34. The van der Waals surface area contributed by atoms with Crippen molar-refractivity contribution < 1.29 is 4.79 Å². The van der Waals surface area contributed by atoms with Crippen LogP contribution < -0.4 is 5.32 Å². The van der Waals surface area contributed by atoms with Crippen molar-refractivity contribution in [3.8, 4) is 11.8 Å². The lowest BCUT2D eigenvalue weighted by Crippen LogP contribution is -2.27. The van der Waals surface area contributed by atoms with Gasteiger partial charge in [-0.15, -0.1) is 0 Å². The van der Waals surface area contributed by atoms with Gasteiger partial charge in [-0.05, 0) is 24.3 Å². The molecular formula is C17H12ClN5O. The lowest BCUT2D eigenvalue weighted by atomic mass is 10.1. The molecule has 6 nitrogen and oxygen atoms in total. The van der Waals surface area contributed by atoms with E-state index in [1.807, 2.05) is 30.3 Å². The molecule has 7 heteroatoms. The summed E-state index contributed by atoms with van der Waals surface area (Å²) in [7, 11) is 0. The summed E-state index contributed by atoms with van der Waals surface area (Å²) in [6.45, 7) is 0. The molecule has 0 spiro atoms. The summed E-state index contributed by atoms with van der Waals surface area (Å²) in [6, 6.07) is 13.7. The van der Waals surface area contributed by atoms with Gasteiger partial charge in [0.2, 0.25) is 0 Å². The van der Waals surface area contributed by atoms with E-state index < -0.39 is 11.9 Å². The molecule has 0 aliphatic carbocycles. The summed E-state index contributed by atoms with van der Waals surface area (Å²) in [4.78, 5) is 16.1. The standard InChI is InChI=1S/C17H12ClN5O/c18-16-8-12(6-7-20-16)17(24)22-15(9-19)13-10-21-23(11-13)14-4-2-1-3-5-14/h1-8,10-11,15H,(H,22,24). The first-order chi connectivity index (χ1) is 11.7. The van der Waals surface area contributed by atoms with Crippen molar-refractivity contribution in [1.82, 2.24) is 20.1 Å². The van der Waals surface area contributed by atoms with Gasteiger partial charge < -0.3 is 5.32 Å². The number of benzene rings is 1. The van der Waals surface area contributed by atoms with Gasteiger partial charge in [0.1, 0.15) is 11.2 Å². The van der Waals surface area contributed by atoms with Crippen molar-refractivity contribution >= 4 is 17.5 Å². The Morgan fingerprint density at radius 2 is 2.08 bits per heavy atom. The fourth-order valence-electron chi connectivity index (χ4n) is 2.16. The number of rotatable bonds is 4. The third kappa shape index (κ3) is 3.42. The molecule has 3 aromatic rings. The molecule has 0 bridgehead atoms. The molecule has 3 rings (SSSR count). The van der Waals surface area contributed by atoms with Crippen LogP contribution in [0, 0.1) is 11.3 Å². The van der Waals surface area contributed by atoms with E-state index in [9.17, 15) is 10.1 Å². The highest BCUT2D eigenvalue weighted by atomic mass is 35.5. The summed E-state index contributed by atoms with van der Waals surface area (Å²) in [6.07, 6.45) is 4.70. The minimum atomic E-state index is -0.818.